The SMILES string of the molecule is COc1ccc(NNC(=O)NC(C)(C)/N=N/C(C)(C)C)c2ccc3ccccc3c12. The van der Waals surface area contributed by atoms with Gasteiger partial charge in [-0.05, 0) is 57.5 Å². The fourth-order valence-corrected chi connectivity index (χ4v) is 3.11. The second kappa shape index (κ2) is 8.18. The van der Waals surface area contributed by atoms with Gasteiger partial charge in [-0.15, -0.1) is 0 Å². The first-order valence-corrected chi connectivity index (χ1v) is 9.86. The number of fused-ring (bicyclic) bond motifs is 3. The van der Waals surface area contributed by atoms with Gasteiger partial charge in [0.1, 0.15) is 11.4 Å². The third-order valence-corrected chi connectivity index (χ3v) is 4.42. The molecule has 0 fully saturated rings. The van der Waals surface area contributed by atoms with Crippen molar-refractivity contribution in [2.75, 3.05) is 12.5 Å². The summed E-state index contributed by atoms with van der Waals surface area (Å²) >= 11 is 0. The lowest BCUT2D eigenvalue weighted by Crippen LogP contribution is -2.48. The van der Waals surface area contributed by atoms with Crippen LogP contribution in [0, 0.1) is 0 Å². The van der Waals surface area contributed by atoms with Crippen LogP contribution in [0.4, 0.5) is 10.5 Å². The van der Waals surface area contributed by atoms with Gasteiger partial charge in [0.2, 0.25) is 0 Å². The fraction of sp³-hybridized carbons (Fsp3) is 0.348. The van der Waals surface area contributed by atoms with E-state index in [1.54, 1.807) is 21.0 Å². The van der Waals surface area contributed by atoms with Crippen molar-refractivity contribution >= 4 is 33.3 Å². The van der Waals surface area contributed by atoms with E-state index in [-0.39, 0.29) is 5.54 Å². The molecule has 0 unspecified atom stereocenters. The summed E-state index contributed by atoms with van der Waals surface area (Å²) in [6.45, 7) is 9.43. The monoisotopic (exact) mass is 407 g/mol. The van der Waals surface area contributed by atoms with Crippen LogP contribution >= 0.6 is 0 Å². The Hall–Kier alpha value is -3.35. The highest BCUT2D eigenvalue weighted by Crippen LogP contribution is 2.36. The first-order chi connectivity index (χ1) is 14.1. The molecule has 3 aromatic rings. The van der Waals surface area contributed by atoms with Crippen LogP contribution in [0.2, 0.25) is 0 Å². The van der Waals surface area contributed by atoms with Gasteiger partial charge in [0.25, 0.3) is 0 Å². The number of carbonyl (C=O) groups excluding carboxylic acids is 1. The average Bonchev–Trinajstić information content (AvgIpc) is 2.69. The lowest BCUT2D eigenvalue weighted by Gasteiger charge is -2.23. The van der Waals surface area contributed by atoms with Crippen LogP contribution in [0.25, 0.3) is 21.5 Å². The van der Waals surface area contributed by atoms with Crippen molar-refractivity contribution in [3.05, 3.63) is 48.5 Å². The number of hydrogen-bond acceptors (Lipinski definition) is 5. The molecule has 0 aliphatic rings. The van der Waals surface area contributed by atoms with Gasteiger partial charge < -0.3 is 10.1 Å². The number of anilines is 1. The topological polar surface area (TPSA) is 87.1 Å². The molecule has 7 nitrogen and oxygen atoms in total. The maximum absolute atomic E-state index is 12.4. The summed E-state index contributed by atoms with van der Waals surface area (Å²) in [6.07, 6.45) is 0. The molecule has 3 rings (SSSR count). The summed E-state index contributed by atoms with van der Waals surface area (Å²) in [5.41, 5.74) is 5.32. The molecule has 7 heteroatoms. The summed E-state index contributed by atoms with van der Waals surface area (Å²) in [4.78, 5) is 12.4. The van der Waals surface area contributed by atoms with Crippen molar-refractivity contribution in [1.82, 2.24) is 10.7 Å². The number of azo groups is 1. The Morgan fingerprint density at radius 2 is 1.63 bits per heavy atom. The van der Waals surface area contributed by atoms with Crippen molar-refractivity contribution in [2.45, 2.75) is 45.8 Å². The lowest BCUT2D eigenvalue weighted by atomic mass is 10.00. The summed E-state index contributed by atoms with van der Waals surface area (Å²) in [5, 5.41) is 15.4. The Labute approximate surface area is 176 Å². The minimum absolute atomic E-state index is 0.307. The Morgan fingerprint density at radius 3 is 2.33 bits per heavy atom. The van der Waals surface area contributed by atoms with Gasteiger partial charge in [0, 0.05) is 10.8 Å². The Kier molecular flexibility index (Phi) is 5.82. The van der Waals surface area contributed by atoms with Crippen LogP contribution in [-0.2, 0) is 0 Å². The number of nitrogens with one attached hydrogen (secondary N) is 3. The average molecular weight is 408 g/mol. The molecule has 158 valence electrons. The zero-order valence-electron chi connectivity index (χ0n) is 18.3. The van der Waals surface area contributed by atoms with E-state index < -0.39 is 11.7 Å². The number of benzene rings is 3. The number of amides is 2. The maximum atomic E-state index is 12.4. The van der Waals surface area contributed by atoms with E-state index in [0.29, 0.717) is 0 Å². The molecule has 0 aromatic heterocycles. The zero-order valence-corrected chi connectivity index (χ0v) is 18.3. The predicted octanol–water partition coefficient (Wildman–Crippen LogP) is 5.61. The fourth-order valence-electron chi connectivity index (χ4n) is 3.11. The molecule has 3 N–H and O–H groups in total. The highest BCUT2D eigenvalue weighted by Gasteiger charge is 2.21. The number of hydrazine groups is 1. The quantitative estimate of drug-likeness (QED) is 0.292. The number of methoxy groups -OCH3 is 1. The standard InChI is InChI=1S/C23H29N5O2/c1-22(2,3)27-28-23(4,5)24-21(29)26-25-18-13-14-19(30-6)20-16-10-8-7-9-15(16)11-12-17(18)20/h7-14,25H,1-6H3,(H2,24,26,29)/b28-27+. The molecule has 3 aromatic carbocycles. The van der Waals surface area contributed by atoms with Gasteiger partial charge in [0.15, 0.2) is 0 Å². The summed E-state index contributed by atoms with van der Waals surface area (Å²) < 4.78 is 5.59. The van der Waals surface area contributed by atoms with E-state index in [9.17, 15) is 4.79 Å². The number of hydrogen-bond donors (Lipinski definition) is 3. The molecule has 0 saturated carbocycles. The van der Waals surface area contributed by atoms with Crippen LogP contribution in [0.5, 0.6) is 5.75 Å². The molecule has 0 heterocycles. The Morgan fingerprint density at radius 1 is 0.900 bits per heavy atom. The number of urea groups is 1. The van der Waals surface area contributed by atoms with Crippen LogP contribution in [-0.4, -0.2) is 24.3 Å². The Bertz CT molecular complexity index is 1100. The van der Waals surface area contributed by atoms with Crippen molar-refractivity contribution in [3.8, 4) is 5.75 Å². The minimum atomic E-state index is -0.836. The third kappa shape index (κ3) is 4.97. The van der Waals surface area contributed by atoms with Crippen molar-refractivity contribution in [1.29, 1.82) is 0 Å². The van der Waals surface area contributed by atoms with Crippen LogP contribution in [0.15, 0.2) is 58.8 Å². The van der Waals surface area contributed by atoms with Gasteiger partial charge in [-0.1, -0.05) is 36.4 Å². The largest absolute Gasteiger partial charge is 0.496 e. The van der Waals surface area contributed by atoms with E-state index in [1.807, 2.05) is 51.1 Å². The van der Waals surface area contributed by atoms with Gasteiger partial charge in [-0.25, -0.2) is 4.79 Å². The molecule has 30 heavy (non-hydrogen) atoms. The third-order valence-electron chi connectivity index (χ3n) is 4.42. The summed E-state index contributed by atoms with van der Waals surface area (Å²) in [7, 11) is 1.66. The van der Waals surface area contributed by atoms with Crippen LogP contribution in [0.1, 0.15) is 34.6 Å². The molecule has 2 amide bonds. The van der Waals surface area contributed by atoms with Crippen molar-refractivity contribution in [2.24, 2.45) is 10.2 Å². The summed E-state index contributed by atoms with van der Waals surface area (Å²) in [5.74, 6) is 0.778. The molecule has 0 saturated heterocycles. The molecule has 0 aliphatic carbocycles. The lowest BCUT2D eigenvalue weighted by molar-refractivity contribution is 0.231. The van der Waals surface area contributed by atoms with Crippen LogP contribution < -0.4 is 20.9 Å². The molecule has 0 atom stereocenters. The Balaban J connectivity index is 1.82. The highest BCUT2D eigenvalue weighted by atomic mass is 16.5. The molecule has 0 bridgehead atoms. The molecular weight excluding hydrogens is 378 g/mol. The van der Waals surface area contributed by atoms with Gasteiger partial charge in [-0.3, -0.25) is 10.9 Å². The van der Waals surface area contributed by atoms with Gasteiger partial charge >= 0.3 is 6.03 Å². The zero-order chi connectivity index (χ0) is 21.9. The first-order valence-electron chi connectivity index (χ1n) is 9.86. The number of carbonyl (C=O) groups is 1. The van der Waals surface area contributed by atoms with Crippen molar-refractivity contribution < 1.29 is 9.53 Å². The van der Waals surface area contributed by atoms with Gasteiger partial charge in [0.05, 0.1) is 18.3 Å². The highest BCUT2D eigenvalue weighted by molar-refractivity contribution is 6.14. The number of rotatable bonds is 5. The van der Waals surface area contributed by atoms with Crippen molar-refractivity contribution in [3.63, 3.8) is 0 Å². The van der Waals surface area contributed by atoms with Crippen LogP contribution in [0.3, 0.4) is 0 Å². The number of nitrogens with zero attached hydrogens (tertiary/aromatic N) is 2. The summed E-state index contributed by atoms with van der Waals surface area (Å²) in [6, 6.07) is 15.6. The molecule has 0 spiro atoms. The molecule has 0 radical (unpaired) electrons. The normalized spacial score (nSPS) is 12.3. The molecular formula is C23H29N5O2. The second-order valence-electron chi connectivity index (χ2n) is 8.66. The number of ether oxygens (including phenoxy) is 1. The van der Waals surface area contributed by atoms with Gasteiger partial charge in [-0.2, -0.15) is 10.2 Å². The second-order valence-corrected chi connectivity index (χ2v) is 8.66. The predicted molar refractivity (Wildman–Crippen MR) is 122 cm³/mol. The van der Waals surface area contributed by atoms with E-state index >= 15 is 0 Å². The maximum Gasteiger partial charge on any atom is 0.335 e. The minimum Gasteiger partial charge on any atom is -0.496 e. The van der Waals surface area contributed by atoms with E-state index in [4.69, 9.17) is 4.74 Å². The van der Waals surface area contributed by atoms with E-state index in [2.05, 4.69) is 44.6 Å². The smallest absolute Gasteiger partial charge is 0.335 e. The first kappa shape index (κ1) is 21.4. The molecule has 0 aliphatic heterocycles. The van der Waals surface area contributed by atoms with E-state index in [1.165, 1.54) is 0 Å². The van der Waals surface area contributed by atoms with E-state index in [0.717, 1.165) is 33.0 Å².